The maximum Gasteiger partial charge on any atom is 0.232 e. The molecule has 1 aliphatic carbocycles. The lowest BCUT2D eigenvalue weighted by atomic mass is 10.2. The van der Waals surface area contributed by atoms with Crippen molar-refractivity contribution in [2.75, 3.05) is 6.61 Å². The number of aliphatic hydroxyl groups is 1. The minimum absolute atomic E-state index is 0.399. The number of benzene rings is 1. The Labute approximate surface area is 108 Å². The van der Waals surface area contributed by atoms with Crippen LogP contribution in [0.3, 0.4) is 0 Å². The maximum absolute atomic E-state index is 12.9. The first kappa shape index (κ1) is 13.5. The maximum atomic E-state index is 12.9. The molecule has 0 bridgehead atoms. The number of rotatable bonds is 5. The molecule has 4 heteroatoms. The Morgan fingerprint density at radius 2 is 2.11 bits per heavy atom. The van der Waals surface area contributed by atoms with E-state index < -0.39 is 13.5 Å². The second kappa shape index (κ2) is 5.83. The largest absolute Gasteiger partial charge is 0.392 e. The quantitative estimate of drug-likeness (QED) is 0.829. The van der Waals surface area contributed by atoms with Crippen LogP contribution in [0.4, 0.5) is 0 Å². The van der Waals surface area contributed by atoms with Gasteiger partial charge in [-0.25, -0.2) is 0 Å². The third-order valence-electron chi connectivity index (χ3n) is 3.08. The molecule has 0 saturated carbocycles. The van der Waals surface area contributed by atoms with Gasteiger partial charge in [0.25, 0.3) is 0 Å². The van der Waals surface area contributed by atoms with Gasteiger partial charge in [0, 0.05) is 11.7 Å². The molecule has 98 valence electrons. The van der Waals surface area contributed by atoms with E-state index in [4.69, 9.17) is 4.52 Å². The fourth-order valence-corrected chi connectivity index (χ4v) is 4.66. The molecule has 3 nitrogen and oxygen atoms in total. The molecule has 0 aromatic heterocycles. The Morgan fingerprint density at radius 1 is 1.39 bits per heavy atom. The van der Waals surface area contributed by atoms with Crippen LogP contribution < -0.4 is 0 Å². The lowest BCUT2D eigenvalue weighted by Gasteiger charge is -2.19. The fraction of sp³-hybridized carbons (Fsp3) is 0.429. The van der Waals surface area contributed by atoms with Crippen LogP contribution in [-0.2, 0) is 15.3 Å². The Hall–Kier alpha value is -0.890. The second-order valence-corrected chi connectivity index (χ2v) is 7.02. The van der Waals surface area contributed by atoms with Crippen LogP contribution in [0, 0.1) is 0 Å². The van der Waals surface area contributed by atoms with Crippen molar-refractivity contribution in [2.24, 2.45) is 0 Å². The molecular formula is C14H19O3P. The average Bonchev–Trinajstić information content (AvgIpc) is 2.78. The smallest absolute Gasteiger partial charge is 0.232 e. The van der Waals surface area contributed by atoms with Gasteiger partial charge in [-0.05, 0) is 18.9 Å². The van der Waals surface area contributed by atoms with Gasteiger partial charge in [0.2, 0.25) is 7.37 Å². The summed E-state index contributed by atoms with van der Waals surface area (Å²) in [6.07, 6.45) is 2.96. The van der Waals surface area contributed by atoms with Crippen LogP contribution in [0.15, 0.2) is 41.7 Å². The monoisotopic (exact) mass is 266 g/mol. The normalized spacial score (nSPS) is 22.6. The van der Waals surface area contributed by atoms with E-state index in [2.05, 4.69) is 0 Å². The van der Waals surface area contributed by atoms with Gasteiger partial charge in [0.15, 0.2) is 0 Å². The van der Waals surface area contributed by atoms with Gasteiger partial charge in [-0.1, -0.05) is 36.4 Å². The summed E-state index contributed by atoms with van der Waals surface area (Å²) in [4.78, 5) is 0. The van der Waals surface area contributed by atoms with E-state index in [0.717, 1.165) is 10.9 Å². The highest BCUT2D eigenvalue weighted by atomic mass is 31.2. The Kier molecular flexibility index (Phi) is 4.39. The summed E-state index contributed by atoms with van der Waals surface area (Å²) in [6, 6.07) is 9.72. The van der Waals surface area contributed by atoms with Crippen LogP contribution >= 0.6 is 7.37 Å². The molecule has 0 heterocycles. The van der Waals surface area contributed by atoms with E-state index in [1.54, 1.807) is 0 Å². The lowest BCUT2D eigenvalue weighted by Crippen LogP contribution is -2.02. The highest BCUT2D eigenvalue weighted by Crippen LogP contribution is 2.60. The first-order chi connectivity index (χ1) is 8.64. The van der Waals surface area contributed by atoms with Crippen molar-refractivity contribution >= 4 is 7.37 Å². The van der Waals surface area contributed by atoms with Crippen LogP contribution in [-0.4, -0.2) is 17.8 Å². The molecule has 1 N–H and O–H groups in total. The minimum atomic E-state index is -2.83. The third-order valence-corrected chi connectivity index (χ3v) is 5.78. The molecule has 0 radical (unpaired) electrons. The van der Waals surface area contributed by atoms with Crippen molar-refractivity contribution in [3.05, 3.63) is 47.3 Å². The summed E-state index contributed by atoms with van der Waals surface area (Å²) >= 11 is 0. The Bertz CT molecular complexity index is 467. The van der Waals surface area contributed by atoms with Crippen molar-refractivity contribution in [2.45, 2.75) is 32.0 Å². The molecule has 2 rings (SSSR count). The van der Waals surface area contributed by atoms with Gasteiger partial charge < -0.3 is 9.63 Å². The van der Waals surface area contributed by atoms with E-state index in [-0.39, 0.29) is 0 Å². The van der Waals surface area contributed by atoms with E-state index in [0.29, 0.717) is 25.6 Å². The summed E-state index contributed by atoms with van der Waals surface area (Å²) in [7, 11) is -2.83. The molecule has 0 fully saturated rings. The van der Waals surface area contributed by atoms with Gasteiger partial charge in [0.05, 0.1) is 18.9 Å². The van der Waals surface area contributed by atoms with Crippen molar-refractivity contribution in [3.8, 4) is 0 Å². The number of hydrogen-bond acceptors (Lipinski definition) is 3. The summed E-state index contributed by atoms with van der Waals surface area (Å²) < 4.78 is 18.5. The van der Waals surface area contributed by atoms with E-state index in [1.165, 1.54) is 0 Å². The molecule has 1 aliphatic rings. The van der Waals surface area contributed by atoms with Crippen molar-refractivity contribution in [1.82, 2.24) is 0 Å². The van der Waals surface area contributed by atoms with Gasteiger partial charge in [-0.15, -0.1) is 0 Å². The highest BCUT2D eigenvalue weighted by Gasteiger charge is 2.32. The molecule has 2 unspecified atom stereocenters. The summed E-state index contributed by atoms with van der Waals surface area (Å²) in [5.41, 5.74) is 1.01. The molecule has 0 amide bonds. The molecule has 1 aromatic rings. The van der Waals surface area contributed by atoms with E-state index >= 15 is 0 Å². The number of aliphatic hydroxyl groups excluding tert-OH is 1. The topological polar surface area (TPSA) is 46.5 Å². The van der Waals surface area contributed by atoms with Gasteiger partial charge in [-0.3, -0.25) is 4.57 Å². The minimum Gasteiger partial charge on any atom is -0.392 e. The van der Waals surface area contributed by atoms with Crippen LogP contribution in [0.1, 0.15) is 25.3 Å². The van der Waals surface area contributed by atoms with Crippen LogP contribution in [0.25, 0.3) is 0 Å². The predicted molar refractivity (Wildman–Crippen MR) is 72.7 cm³/mol. The van der Waals surface area contributed by atoms with Gasteiger partial charge in [-0.2, -0.15) is 0 Å². The van der Waals surface area contributed by atoms with Crippen LogP contribution in [0.5, 0.6) is 0 Å². The van der Waals surface area contributed by atoms with E-state index in [9.17, 15) is 9.67 Å². The molecule has 18 heavy (non-hydrogen) atoms. The second-order valence-electron chi connectivity index (χ2n) is 4.52. The molecule has 0 saturated heterocycles. The zero-order chi connectivity index (χ0) is 13.0. The van der Waals surface area contributed by atoms with Crippen molar-refractivity contribution in [3.63, 3.8) is 0 Å². The SMILES string of the molecule is CCOP(=O)(Cc1ccccc1)C1=CCC(O)C1. The third kappa shape index (κ3) is 3.11. The zero-order valence-corrected chi connectivity index (χ0v) is 11.5. The Balaban J connectivity index is 2.19. The molecule has 0 spiro atoms. The zero-order valence-electron chi connectivity index (χ0n) is 10.6. The Morgan fingerprint density at radius 3 is 2.67 bits per heavy atom. The fourth-order valence-electron chi connectivity index (χ4n) is 2.22. The van der Waals surface area contributed by atoms with E-state index in [1.807, 2.05) is 43.3 Å². The van der Waals surface area contributed by atoms with Crippen molar-refractivity contribution in [1.29, 1.82) is 0 Å². The first-order valence-electron chi connectivity index (χ1n) is 6.29. The predicted octanol–water partition coefficient (Wildman–Crippen LogP) is 3.54. The standard InChI is InChI=1S/C14H19O3P/c1-2-17-18(16,14-9-8-13(15)10-14)11-12-6-4-3-5-7-12/h3-7,9,13,15H,2,8,10-11H2,1H3. The average molecular weight is 266 g/mol. The van der Waals surface area contributed by atoms with Gasteiger partial charge >= 0.3 is 0 Å². The molecule has 1 aromatic carbocycles. The molecular weight excluding hydrogens is 247 g/mol. The molecule has 0 aliphatic heterocycles. The van der Waals surface area contributed by atoms with Gasteiger partial charge in [0.1, 0.15) is 0 Å². The summed E-state index contributed by atoms with van der Waals surface area (Å²) in [5, 5.41) is 10.4. The van der Waals surface area contributed by atoms with Crippen molar-refractivity contribution < 1.29 is 14.2 Å². The summed E-state index contributed by atoms with van der Waals surface area (Å²) in [6.45, 7) is 2.28. The first-order valence-corrected chi connectivity index (χ1v) is 8.10. The molecule has 2 atom stereocenters. The highest BCUT2D eigenvalue weighted by molar-refractivity contribution is 7.62. The number of hydrogen-bond donors (Lipinski definition) is 1. The summed E-state index contributed by atoms with van der Waals surface area (Å²) in [5.74, 6) is 0. The van der Waals surface area contributed by atoms with Crippen LogP contribution in [0.2, 0.25) is 0 Å². The lowest BCUT2D eigenvalue weighted by molar-refractivity contribution is 0.188.